The number of nitrogens with zero attached hydrogens (tertiary/aromatic N) is 2. The van der Waals surface area contributed by atoms with Gasteiger partial charge in [-0.15, -0.1) is 0 Å². The maximum absolute atomic E-state index is 11.7. The maximum Gasteiger partial charge on any atom is 0.327 e. The van der Waals surface area contributed by atoms with Crippen molar-refractivity contribution in [2.24, 2.45) is 0 Å². The molecule has 7 heteroatoms. The molecule has 3 heterocycles. The summed E-state index contributed by atoms with van der Waals surface area (Å²) >= 11 is 0. The molecule has 7 nitrogen and oxygen atoms in total. The Bertz CT molecular complexity index is 743. The number of aromatic amines is 1. The number of fused-ring (bicyclic) bond motifs is 2. The van der Waals surface area contributed by atoms with E-state index in [1.807, 2.05) is 23.1 Å². The van der Waals surface area contributed by atoms with E-state index >= 15 is 0 Å². The molecule has 0 aliphatic carbocycles. The molecule has 0 unspecified atom stereocenters. The standard InChI is InChI=1S/C16H17N3O4/c20-16(21)15-14-11(17-9-18-14)3-4-19(15)8-10-1-2-12-13(7-10)23-6-5-22-12/h1-2,7,9,15H,3-6,8H2,(H,17,18)(H,20,21)/t15-/m1/s1. The Hall–Kier alpha value is -2.54. The van der Waals surface area contributed by atoms with E-state index in [1.54, 1.807) is 6.33 Å². The molecule has 0 saturated heterocycles. The average Bonchev–Trinajstić information content (AvgIpc) is 3.02. The largest absolute Gasteiger partial charge is 0.486 e. The van der Waals surface area contributed by atoms with Crippen LogP contribution in [0.3, 0.4) is 0 Å². The zero-order valence-electron chi connectivity index (χ0n) is 12.5. The number of nitrogens with one attached hydrogen (secondary N) is 1. The topological polar surface area (TPSA) is 87.7 Å². The Morgan fingerprint density at radius 3 is 3.00 bits per heavy atom. The van der Waals surface area contributed by atoms with E-state index in [4.69, 9.17) is 9.47 Å². The molecule has 0 fully saturated rings. The van der Waals surface area contributed by atoms with Gasteiger partial charge in [-0.1, -0.05) is 6.07 Å². The Balaban J connectivity index is 1.59. The molecular formula is C16H17N3O4. The fraction of sp³-hybridized carbons (Fsp3) is 0.375. The average molecular weight is 315 g/mol. The molecule has 120 valence electrons. The lowest BCUT2D eigenvalue weighted by Gasteiger charge is -2.32. The second-order valence-corrected chi connectivity index (χ2v) is 5.71. The highest BCUT2D eigenvalue weighted by Gasteiger charge is 2.35. The summed E-state index contributed by atoms with van der Waals surface area (Å²) < 4.78 is 11.1. The van der Waals surface area contributed by atoms with Gasteiger partial charge in [0.25, 0.3) is 0 Å². The Morgan fingerprint density at radius 1 is 1.35 bits per heavy atom. The minimum atomic E-state index is -0.879. The quantitative estimate of drug-likeness (QED) is 0.889. The highest BCUT2D eigenvalue weighted by molar-refractivity contribution is 5.75. The summed E-state index contributed by atoms with van der Waals surface area (Å²) in [4.78, 5) is 20.9. The van der Waals surface area contributed by atoms with Crippen LogP contribution >= 0.6 is 0 Å². The van der Waals surface area contributed by atoms with E-state index in [0.29, 0.717) is 32.0 Å². The fourth-order valence-corrected chi connectivity index (χ4v) is 3.19. The molecule has 0 saturated carbocycles. The van der Waals surface area contributed by atoms with Crippen LogP contribution in [-0.4, -0.2) is 45.7 Å². The van der Waals surface area contributed by atoms with Crippen molar-refractivity contribution in [3.8, 4) is 11.5 Å². The monoisotopic (exact) mass is 315 g/mol. The third kappa shape index (κ3) is 2.53. The highest BCUT2D eigenvalue weighted by atomic mass is 16.6. The minimum Gasteiger partial charge on any atom is -0.486 e. The number of aromatic nitrogens is 2. The van der Waals surface area contributed by atoms with Crippen molar-refractivity contribution in [2.45, 2.75) is 19.0 Å². The SMILES string of the molecule is O=C(O)[C@H]1c2nc[nH]c2CCN1Cc1ccc2c(c1)OCCO2. The van der Waals surface area contributed by atoms with Gasteiger partial charge in [0.15, 0.2) is 17.5 Å². The number of carboxylic acid groups (broad SMARTS) is 1. The van der Waals surface area contributed by atoms with Crippen molar-refractivity contribution in [3.63, 3.8) is 0 Å². The number of H-pyrrole nitrogens is 1. The zero-order chi connectivity index (χ0) is 15.8. The molecule has 0 spiro atoms. The molecule has 2 aliphatic rings. The summed E-state index contributed by atoms with van der Waals surface area (Å²) in [5.41, 5.74) is 2.52. The fourth-order valence-electron chi connectivity index (χ4n) is 3.19. The summed E-state index contributed by atoms with van der Waals surface area (Å²) in [6.45, 7) is 2.29. The highest BCUT2D eigenvalue weighted by Crippen LogP contribution is 2.33. The minimum absolute atomic E-state index is 0.528. The van der Waals surface area contributed by atoms with Crippen LogP contribution in [-0.2, 0) is 17.8 Å². The van der Waals surface area contributed by atoms with Crippen molar-refractivity contribution in [1.29, 1.82) is 0 Å². The lowest BCUT2D eigenvalue weighted by Crippen LogP contribution is -2.39. The molecular weight excluding hydrogens is 298 g/mol. The first-order valence-electron chi connectivity index (χ1n) is 7.60. The van der Waals surface area contributed by atoms with Crippen LogP contribution in [0.5, 0.6) is 11.5 Å². The third-order valence-electron chi connectivity index (χ3n) is 4.25. The van der Waals surface area contributed by atoms with E-state index in [9.17, 15) is 9.90 Å². The van der Waals surface area contributed by atoms with Gasteiger partial charge in [-0.3, -0.25) is 9.69 Å². The zero-order valence-corrected chi connectivity index (χ0v) is 12.5. The van der Waals surface area contributed by atoms with Crippen molar-refractivity contribution in [2.75, 3.05) is 19.8 Å². The van der Waals surface area contributed by atoms with Crippen molar-refractivity contribution < 1.29 is 19.4 Å². The number of ether oxygens (including phenoxy) is 2. The summed E-state index contributed by atoms with van der Waals surface area (Å²) in [6, 6.07) is 5.03. The molecule has 0 amide bonds. The van der Waals surface area contributed by atoms with Crippen LogP contribution in [0, 0.1) is 0 Å². The summed E-state index contributed by atoms with van der Waals surface area (Å²) in [6.07, 6.45) is 2.33. The van der Waals surface area contributed by atoms with Crippen LogP contribution in [0.15, 0.2) is 24.5 Å². The number of benzene rings is 1. The predicted molar refractivity (Wildman–Crippen MR) is 80.5 cm³/mol. The second-order valence-electron chi connectivity index (χ2n) is 5.71. The van der Waals surface area contributed by atoms with Crippen LogP contribution in [0.1, 0.15) is 23.0 Å². The van der Waals surface area contributed by atoms with E-state index in [1.165, 1.54) is 0 Å². The molecule has 4 rings (SSSR count). The predicted octanol–water partition coefficient (Wildman–Crippen LogP) is 1.36. The number of carbonyl (C=O) groups is 1. The molecule has 2 aliphatic heterocycles. The number of imidazole rings is 1. The van der Waals surface area contributed by atoms with Gasteiger partial charge in [0.1, 0.15) is 13.2 Å². The molecule has 1 aromatic heterocycles. The molecule has 2 N–H and O–H groups in total. The van der Waals surface area contributed by atoms with Gasteiger partial charge in [0.2, 0.25) is 0 Å². The first kappa shape index (κ1) is 14.1. The lowest BCUT2D eigenvalue weighted by atomic mass is 10.0. The van der Waals surface area contributed by atoms with Gasteiger partial charge in [-0.05, 0) is 17.7 Å². The lowest BCUT2D eigenvalue weighted by molar-refractivity contribution is -0.144. The van der Waals surface area contributed by atoms with E-state index in [2.05, 4.69) is 9.97 Å². The normalized spacial score (nSPS) is 20.1. The maximum atomic E-state index is 11.7. The van der Waals surface area contributed by atoms with Gasteiger partial charge in [0, 0.05) is 25.2 Å². The third-order valence-corrected chi connectivity index (χ3v) is 4.25. The number of hydrogen-bond donors (Lipinski definition) is 2. The molecule has 0 bridgehead atoms. The van der Waals surface area contributed by atoms with Gasteiger partial charge >= 0.3 is 5.97 Å². The number of hydrogen-bond acceptors (Lipinski definition) is 5. The molecule has 1 aromatic carbocycles. The van der Waals surface area contributed by atoms with Crippen molar-refractivity contribution in [3.05, 3.63) is 41.5 Å². The number of carboxylic acids is 1. The molecule has 23 heavy (non-hydrogen) atoms. The van der Waals surface area contributed by atoms with Gasteiger partial charge in [-0.2, -0.15) is 0 Å². The van der Waals surface area contributed by atoms with Crippen LogP contribution in [0.2, 0.25) is 0 Å². The first-order chi connectivity index (χ1) is 11.2. The molecule has 1 atom stereocenters. The first-order valence-corrected chi connectivity index (χ1v) is 7.60. The van der Waals surface area contributed by atoms with Crippen molar-refractivity contribution >= 4 is 5.97 Å². The van der Waals surface area contributed by atoms with Gasteiger partial charge < -0.3 is 19.6 Å². The number of aliphatic carboxylic acids is 1. The van der Waals surface area contributed by atoms with E-state index in [0.717, 1.165) is 29.2 Å². The van der Waals surface area contributed by atoms with E-state index < -0.39 is 12.0 Å². The Kier molecular flexibility index (Phi) is 3.42. The Morgan fingerprint density at radius 2 is 2.17 bits per heavy atom. The van der Waals surface area contributed by atoms with Crippen LogP contribution < -0.4 is 9.47 Å². The summed E-state index contributed by atoms with van der Waals surface area (Å²) in [5.74, 6) is 0.580. The number of rotatable bonds is 3. The van der Waals surface area contributed by atoms with Crippen LogP contribution in [0.4, 0.5) is 0 Å². The second kappa shape index (κ2) is 5.58. The van der Waals surface area contributed by atoms with Gasteiger partial charge in [0.05, 0.1) is 12.0 Å². The van der Waals surface area contributed by atoms with Crippen LogP contribution in [0.25, 0.3) is 0 Å². The summed E-state index contributed by atoms with van der Waals surface area (Å²) in [7, 11) is 0. The smallest absolute Gasteiger partial charge is 0.327 e. The summed E-state index contributed by atoms with van der Waals surface area (Å²) in [5, 5.41) is 9.60. The molecule has 0 radical (unpaired) electrons. The van der Waals surface area contributed by atoms with Gasteiger partial charge in [-0.25, -0.2) is 4.98 Å². The molecule has 2 aromatic rings. The Labute approximate surface area is 132 Å². The van der Waals surface area contributed by atoms with E-state index in [-0.39, 0.29) is 0 Å². The van der Waals surface area contributed by atoms with Crippen molar-refractivity contribution in [1.82, 2.24) is 14.9 Å².